The van der Waals surface area contributed by atoms with Gasteiger partial charge in [0.25, 0.3) is 0 Å². The molecule has 0 aromatic rings. The van der Waals surface area contributed by atoms with E-state index < -0.39 is 0 Å². The van der Waals surface area contributed by atoms with Crippen LogP contribution in [0.15, 0.2) is 0 Å². The van der Waals surface area contributed by atoms with Crippen LogP contribution in [0.5, 0.6) is 0 Å². The SMILES string of the molecule is CCNC1CCCCCC1N1CCC(C(C)(C)C)C1. The highest BCUT2D eigenvalue weighted by molar-refractivity contribution is 4.92. The molecule has 1 aliphatic carbocycles. The standard InChI is InChI=1S/C17H34N2/c1-5-18-15-9-7-6-8-10-16(15)19-12-11-14(13-19)17(2,3)4/h14-16,18H,5-13H2,1-4H3. The summed E-state index contributed by atoms with van der Waals surface area (Å²) in [6, 6.07) is 1.54. The van der Waals surface area contributed by atoms with Crippen molar-refractivity contribution in [2.45, 2.75) is 78.3 Å². The topological polar surface area (TPSA) is 15.3 Å². The maximum atomic E-state index is 3.76. The number of nitrogens with one attached hydrogen (secondary N) is 1. The molecule has 2 rings (SSSR count). The highest BCUT2D eigenvalue weighted by Gasteiger charge is 2.37. The van der Waals surface area contributed by atoms with Crippen molar-refractivity contribution in [1.82, 2.24) is 10.2 Å². The third-order valence-corrected chi connectivity index (χ3v) is 5.36. The summed E-state index contributed by atoms with van der Waals surface area (Å²) in [5.74, 6) is 0.887. The first kappa shape index (κ1) is 15.3. The fourth-order valence-electron chi connectivity index (χ4n) is 4.02. The highest BCUT2D eigenvalue weighted by atomic mass is 15.2. The van der Waals surface area contributed by atoms with Crippen LogP contribution in [0, 0.1) is 11.3 Å². The molecule has 3 unspecified atom stereocenters. The van der Waals surface area contributed by atoms with E-state index in [-0.39, 0.29) is 0 Å². The number of hydrogen-bond donors (Lipinski definition) is 1. The van der Waals surface area contributed by atoms with E-state index in [1.54, 1.807) is 0 Å². The molecule has 0 bridgehead atoms. The molecule has 0 radical (unpaired) electrons. The monoisotopic (exact) mass is 266 g/mol. The molecular weight excluding hydrogens is 232 g/mol. The van der Waals surface area contributed by atoms with Crippen molar-refractivity contribution in [3.8, 4) is 0 Å². The van der Waals surface area contributed by atoms with Gasteiger partial charge >= 0.3 is 0 Å². The Bertz CT molecular complexity index is 269. The molecule has 1 N–H and O–H groups in total. The molecule has 1 saturated carbocycles. The van der Waals surface area contributed by atoms with Crippen molar-refractivity contribution >= 4 is 0 Å². The van der Waals surface area contributed by atoms with Crippen molar-refractivity contribution in [3.63, 3.8) is 0 Å². The molecule has 2 nitrogen and oxygen atoms in total. The van der Waals surface area contributed by atoms with E-state index in [4.69, 9.17) is 0 Å². The summed E-state index contributed by atoms with van der Waals surface area (Å²) in [6.45, 7) is 13.3. The van der Waals surface area contributed by atoms with Crippen molar-refractivity contribution in [2.24, 2.45) is 11.3 Å². The second-order valence-electron chi connectivity index (χ2n) is 7.72. The van der Waals surface area contributed by atoms with E-state index in [1.807, 2.05) is 0 Å². The Morgan fingerprint density at radius 2 is 1.79 bits per heavy atom. The molecule has 1 aliphatic heterocycles. The van der Waals surface area contributed by atoms with Crippen LogP contribution in [0.4, 0.5) is 0 Å². The third kappa shape index (κ3) is 3.95. The zero-order valence-electron chi connectivity index (χ0n) is 13.5. The summed E-state index contributed by atoms with van der Waals surface area (Å²) in [5, 5.41) is 3.76. The lowest BCUT2D eigenvalue weighted by molar-refractivity contribution is 0.157. The van der Waals surface area contributed by atoms with Crippen LogP contribution in [0.3, 0.4) is 0 Å². The number of nitrogens with zero attached hydrogens (tertiary/aromatic N) is 1. The smallest absolute Gasteiger partial charge is 0.0249 e. The first-order valence-electron chi connectivity index (χ1n) is 8.49. The van der Waals surface area contributed by atoms with Crippen LogP contribution in [0.1, 0.15) is 66.2 Å². The second kappa shape index (κ2) is 6.58. The van der Waals surface area contributed by atoms with E-state index >= 15 is 0 Å². The summed E-state index contributed by atoms with van der Waals surface area (Å²) in [7, 11) is 0. The fourth-order valence-corrected chi connectivity index (χ4v) is 4.02. The van der Waals surface area contributed by atoms with E-state index in [0.29, 0.717) is 5.41 Å². The fraction of sp³-hybridized carbons (Fsp3) is 1.00. The Labute approximate surface area is 120 Å². The minimum absolute atomic E-state index is 0.479. The van der Waals surface area contributed by atoms with Gasteiger partial charge in [-0.2, -0.15) is 0 Å². The van der Waals surface area contributed by atoms with Crippen LogP contribution in [0.25, 0.3) is 0 Å². The molecule has 0 aromatic carbocycles. The average molecular weight is 266 g/mol. The van der Waals surface area contributed by atoms with E-state index in [1.165, 1.54) is 51.6 Å². The van der Waals surface area contributed by atoms with Gasteiger partial charge < -0.3 is 5.32 Å². The summed E-state index contributed by atoms with van der Waals surface area (Å²) in [5.41, 5.74) is 0.479. The molecule has 112 valence electrons. The molecule has 3 atom stereocenters. The van der Waals surface area contributed by atoms with Crippen LogP contribution >= 0.6 is 0 Å². The number of rotatable bonds is 3. The highest BCUT2D eigenvalue weighted by Crippen LogP contribution is 2.36. The van der Waals surface area contributed by atoms with Gasteiger partial charge in [0, 0.05) is 18.6 Å². The van der Waals surface area contributed by atoms with Gasteiger partial charge in [0.1, 0.15) is 0 Å². The van der Waals surface area contributed by atoms with Gasteiger partial charge in [-0.1, -0.05) is 47.0 Å². The van der Waals surface area contributed by atoms with Gasteiger partial charge in [0.05, 0.1) is 0 Å². The third-order valence-electron chi connectivity index (χ3n) is 5.36. The molecule has 19 heavy (non-hydrogen) atoms. The van der Waals surface area contributed by atoms with Crippen molar-refractivity contribution in [3.05, 3.63) is 0 Å². The Morgan fingerprint density at radius 3 is 2.42 bits per heavy atom. The van der Waals surface area contributed by atoms with Crippen molar-refractivity contribution in [1.29, 1.82) is 0 Å². The molecule has 0 amide bonds. The van der Waals surface area contributed by atoms with Crippen LogP contribution < -0.4 is 5.32 Å². The molecule has 2 aliphatic rings. The largest absolute Gasteiger partial charge is 0.313 e. The minimum atomic E-state index is 0.479. The Hall–Kier alpha value is -0.0800. The molecule has 1 heterocycles. The summed E-state index contributed by atoms with van der Waals surface area (Å²) in [4.78, 5) is 2.81. The lowest BCUT2D eigenvalue weighted by Gasteiger charge is -2.35. The molecular formula is C17H34N2. The van der Waals surface area contributed by atoms with E-state index in [9.17, 15) is 0 Å². The average Bonchev–Trinajstić information content (AvgIpc) is 2.72. The van der Waals surface area contributed by atoms with Crippen molar-refractivity contribution < 1.29 is 0 Å². The molecule has 1 saturated heterocycles. The first-order valence-corrected chi connectivity index (χ1v) is 8.49. The lowest BCUT2D eigenvalue weighted by atomic mass is 9.80. The molecule has 0 spiro atoms. The van der Waals surface area contributed by atoms with Gasteiger partial charge in [-0.3, -0.25) is 4.90 Å². The van der Waals surface area contributed by atoms with Gasteiger partial charge in [-0.25, -0.2) is 0 Å². The van der Waals surface area contributed by atoms with Crippen molar-refractivity contribution in [2.75, 3.05) is 19.6 Å². The second-order valence-corrected chi connectivity index (χ2v) is 7.72. The van der Waals surface area contributed by atoms with Gasteiger partial charge in [0.2, 0.25) is 0 Å². The summed E-state index contributed by atoms with van der Waals surface area (Å²) >= 11 is 0. The predicted octanol–water partition coefficient (Wildman–Crippen LogP) is 3.67. The Kier molecular flexibility index (Phi) is 5.30. The van der Waals surface area contributed by atoms with E-state index in [0.717, 1.165) is 24.5 Å². The predicted molar refractivity (Wildman–Crippen MR) is 83.5 cm³/mol. The zero-order chi connectivity index (χ0) is 13.9. The Morgan fingerprint density at radius 1 is 1.05 bits per heavy atom. The lowest BCUT2D eigenvalue weighted by Crippen LogP contribution is -2.49. The normalized spacial score (nSPS) is 34.4. The Balaban J connectivity index is 1.98. The number of hydrogen-bond acceptors (Lipinski definition) is 2. The summed E-state index contributed by atoms with van der Waals surface area (Å²) < 4.78 is 0. The maximum Gasteiger partial charge on any atom is 0.0249 e. The number of likely N-dealkylation sites (N-methyl/N-ethyl adjacent to an activating group) is 1. The van der Waals surface area contributed by atoms with Crippen LogP contribution in [-0.2, 0) is 0 Å². The number of likely N-dealkylation sites (tertiary alicyclic amines) is 1. The van der Waals surface area contributed by atoms with Gasteiger partial charge in [-0.15, -0.1) is 0 Å². The first-order chi connectivity index (χ1) is 9.02. The molecule has 2 fully saturated rings. The molecule has 0 aromatic heterocycles. The summed E-state index contributed by atoms with van der Waals surface area (Å²) in [6.07, 6.45) is 8.49. The van der Waals surface area contributed by atoms with Gasteiger partial charge in [0.15, 0.2) is 0 Å². The maximum absolute atomic E-state index is 3.76. The quantitative estimate of drug-likeness (QED) is 0.784. The van der Waals surface area contributed by atoms with E-state index in [2.05, 4.69) is 37.9 Å². The minimum Gasteiger partial charge on any atom is -0.313 e. The van der Waals surface area contributed by atoms with Gasteiger partial charge in [-0.05, 0) is 43.7 Å². The van der Waals surface area contributed by atoms with Crippen LogP contribution in [0.2, 0.25) is 0 Å². The molecule has 2 heteroatoms. The zero-order valence-corrected chi connectivity index (χ0v) is 13.5. The van der Waals surface area contributed by atoms with Crippen LogP contribution in [-0.4, -0.2) is 36.6 Å².